The van der Waals surface area contributed by atoms with Gasteiger partial charge in [-0.2, -0.15) is 17.3 Å². The van der Waals surface area contributed by atoms with Crippen LogP contribution in [0.1, 0.15) is 0 Å². The maximum Gasteiger partial charge on any atom is 4.00 e. The molecule has 0 unspecified atom stereocenters. The Balaban J connectivity index is 0.000000490. The van der Waals surface area contributed by atoms with Crippen LogP contribution in [0.25, 0.3) is 21.5 Å². The van der Waals surface area contributed by atoms with Gasteiger partial charge in [-0.3, -0.25) is 0 Å². The molecule has 5 heteroatoms. The first-order valence-electron chi connectivity index (χ1n) is 9.47. The van der Waals surface area contributed by atoms with E-state index in [9.17, 15) is 0 Å². The first-order valence-corrected chi connectivity index (χ1v) is 16.5. The topological polar surface area (TPSA) is 0 Å². The van der Waals surface area contributed by atoms with E-state index in [1.54, 1.807) is 10.4 Å². The molecule has 0 heterocycles. The molecule has 0 nitrogen and oxygen atoms in total. The third-order valence-corrected chi connectivity index (χ3v) is 9.09. The summed E-state index contributed by atoms with van der Waals surface area (Å²) >= 11 is 0. The molecule has 0 aliphatic heterocycles. The molecule has 0 saturated heterocycles. The van der Waals surface area contributed by atoms with Crippen molar-refractivity contribution in [2.45, 2.75) is 39.3 Å². The largest absolute Gasteiger partial charge is 4.00 e. The number of fused-ring (bicyclic) bond motifs is 3. The molecule has 0 radical (unpaired) electrons. The number of benzene rings is 2. The standard InChI is InChI=1S/C13H9.C11H21Si2.2ClH.Ti/c1-3-7-12-10(5-1)9-11-6-2-4-8-13(11)12;1-12(2,3)10-7-8-11(9-10)13(4,5)6;;;/h1-9H;7-9H,1-6H3;2*1H;/q2*-1;;;+4/p-2. The molecule has 0 spiro atoms. The Bertz CT molecular complexity index is 942. The van der Waals surface area contributed by atoms with Gasteiger partial charge in [0.2, 0.25) is 0 Å². The van der Waals surface area contributed by atoms with E-state index in [2.05, 4.69) is 112 Å². The first kappa shape index (κ1) is 28.4. The zero-order valence-corrected chi connectivity index (χ0v) is 23.3. The van der Waals surface area contributed by atoms with Crippen molar-refractivity contribution >= 4 is 48.1 Å². The van der Waals surface area contributed by atoms with E-state index in [1.807, 2.05) is 0 Å². The maximum absolute atomic E-state index is 2.46. The van der Waals surface area contributed by atoms with Gasteiger partial charge in [0, 0.05) is 16.1 Å². The summed E-state index contributed by atoms with van der Waals surface area (Å²) in [7, 11) is -2.14. The minimum Gasteiger partial charge on any atom is -1.00 e. The zero-order chi connectivity index (χ0) is 18.9. The first-order chi connectivity index (χ1) is 12.2. The predicted molar refractivity (Wildman–Crippen MR) is 125 cm³/mol. The molecule has 0 amide bonds. The molecule has 0 aromatic heterocycles. The molecule has 29 heavy (non-hydrogen) atoms. The average Bonchev–Trinajstić information content (AvgIpc) is 3.20. The molecule has 4 aromatic rings. The Kier molecular flexibility index (Phi) is 10.9. The fraction of sp³-hybridized carbons (Fsp3) is 0.250. The molecular formula is C24H30Cl2Si2Ti. The number of hydrogen-bond donors (Lipinski definition) is 0. The summed E-state index contributed by atoms with van der Waals surface area (Å²) in [6.07, 6.45) is 0. The van der Waals surface area contributed by atoms with Crippen molar-refractivity contribution in [2.75, 3.05) is 0 Å². The van der Waals surface area contributed by atoms with Crippen LogP contribution in [-0.2, 0) is 21.7 Å². The molecular weight excluding hydrogens is 463 g/mol. The van der Waals surface area contributed by atoms with Crippen LogP contribution in [0.5, 0.6) is 0 Å². The summed E-state index contributed by atoms with van der Waals surface area (Å²) in [4.78, 5) is 0. The molecule has 0 bridgehead atoms. The van der Waals surface area contributed by atoms with Gasteiger partial charge in [0.25, 0.3) is 0 Å². The summed E-state index contributed by atoms with van der Waals surface area (Å²) < 4.78 is 0. The number of hydrogen-bond acceptors (Lipinski definition) is 0. The molecule has 152 valence electrons. The van der Waals surface area contributed by atoms with E-state index in [0.717, 1.165) is 0 Å². The average molecular weight is 493 g/mol. The molecule has 0 fully saturated rings. The summed E-state index contributed by atoms with van der Waals surface area (Å²) in [5, 5.41) is 8.62. The van der Waals surface area contributed by atoms with Crippen LogP contribution in [-0.4, -0.2) is 16.1 Å². The van der Waals surface area contributed by atoms with Crippen LogP contribution in [0.15, 0.2) is 72.8 Å². The summed E-state index contributed by atoms with van der Waals surface area (Å²) in [5.41, 5.74) is 0. The van der Waals surface area contributed by atoms with Crippen LogP contribution < -0.4 is 35.2 Å². The Morgan fingerprint density at radius 1 is 0.690 bits per heavy atom. The van der Waals surface area contributed by atoms with Crippen molar-refractivity contribution < 1.29 is 46.5 Å². The Morgan fingerprint density at radius 3 is 1.48 bits per heavy atom. The molecule has 0 aliphatic rings. The van der Waals surface area contributed by atoms with E-state index >= 15 is 0 Å². The minimum absolute atomic E-state index is 0. The van der Waals surface area contributed by atoms with E-state index in [-0.39, 0.29) is 46.5 Å². The van der Waals surface area contributed by atoms with Crippen LogP contribution in [0.3, 0.4) is 0 Å². The summed E-state index contributed by atoms with van der Waals surface area (Å²) in [6.45, 7) is 14.5. The molecule has 0 atom stereocenters. The van der Waals surface area contributed by atoms with Gasteiger partial charge in [0.1, 0.15) is 0 Å². The van der Waals surface area contributed by atoms with Gasteiger partial charge >= 0.3 is 21.7 Å². The van der Waals surface area contributed by atoms with Crippen LogP contribution >= 0.6 is 0 Å². The number of halogens is 2. The molecule has 0 N–H and O–H groups in total. The predicted octanol–water partition coefficient (Wildman–Crippen LogP) is 0.213. The third kappa shape index (κ3) is 6.95. The van der Waals surface area contributed by atoms with Gasteiger partial charge in [-0.25, -0.2) is 11.3 Å². The third-order valence-electron chi connectivity index (χ3n) is 5.01. The Labute approximate surface area is 205 Å². The summed E-state index contributed by atoms with van der Waals surface area (Å²) in [5.74, 6) is 0. The Hall–Kier alpha value is -0.612. The van der Waals surface area contributed by atoms with Crippen molar-refractivity contribution in [1.29, 1.82) is 0 Å². The zero-order valence-electron chi connectivity index (χ0n) is 18.2. The van der Waals surface area contributed by atoms with Crippen molar-refractivity contribution in [3.63, 3.8) is 0 Å². The van der Waals surface area contributed by atoms with E-state index < -0.39 is 16.1 Å². The van der Waals surface area contributed by atoms with Crippen molar-refractivity contribution in [1.82, 2.24) is 0 Å². The normalized spacial score (nSPS) is 11.0. The van der Waals surface area contributed by atoms with Gasteiger partial charge in [0.05, 0.1) is 0 Å². The van der Waals surface area contributed by atoms with Crippen LogP contribution in [0.2, 0.25) is 39.3 Å². The molecule has 4 aromatic carbocycles. The van der Waals surface area contributed by atoms with Gasteiger partial charge in [0.15, 0.2) is 0 Å². The quantitative estimate of drug-likeness (QED) is 0.277. The van der Waals surface area contributed by atoms with Crippen LogP contribution in [0.4, 0.5) is 0 Å². The van der Waals surface area contributed by atoms with Gasteiger partial charge in [-0.05, 0) is 0 Å². The van der Waals surface area contributed by atoms with E-state index in [0.29, 0.717) is 0 Å². The second-order valence-electron chi connectivity index (χ2n) is 9.21. The van der Waals surface area contributed by atoms with Gasteiger partial charge < -0.3 is 24.8 Å². The van der Waals surface area contributed by atoms with Crippen LogP contribution in [0, 0.1) is 0 Å². The van der Waals surface area contributed by atoms with Crippen molar-refractivity contribution in [2.24, 2.45) is 0 Å². The van der Waals surface area contributed by atoms with Crippen molar-refractivity contribution in [3.8, 4) is 0 Å². The van der Waals surface area contributed by atoms with Gasteiger partial charge in [-0.1, -0.05) is 75.7 Å². The molecule has 0 aliphatic carbocycles. The van der Waals surface area contributed by atoms with E-state index in [4.69, 9.17) is 0 Å². The smallest absolute Gasteiger partial charge is 1.00 e. The monoisotopic (exact) mass is 492 g/mol. The van der Waals surface area contributed by atoms with Gasteiger partial charge in [-0.15, -0.1) is 39.7 Å². The fourth-order valence-corrected chi connectivity index (χ4v) is 5.77. The molecule has 0 saturated carbocycles. The minimum atomic E-state index is -1.07. The Morgan fingerprint density at radius 2 is 1.14 bits per heavy atom. The summed E-state index contributed by atoms with van der Waals surface area (Å²) in [6, 6.07) is 26.4. The number of rotatable bonds is 2. The van der Waals surface area contributed by atoms with E-state index in [1.165, 1.54) is 21.5 Å². The molecule has 4 rings (SSSR count). The maximum atomic E-state index is 2.46. The SMILES string of the molecule is C[Si](C)(C)c1cc[c-]([Si](C)(C)C)c1.[Cl-].[Cl-].[Ti+4].c1ccc2c(c1)[cH-]c1ccccc12. The second-order valence-corrected chi connectivity index (χ2v) is 19.4. The van der Waals surface area contributed by atoms with Crippen molar-refractivity contribution in [3.05, 3.63) is 72.8 Å². The second kappa shape index (κ2) is 11.1. The fourth-order valence-electron chi connectivity index (χ4n) is 3.28.